The number of carbonyl (C=O) groups excluding carboxylic acids is 2. The fourth-order valence-electron chi connectivity index (χ4n) is 4.79. The van der Waals surface area contributed by atoms with Crippen LogP contribution >= 0.6 is 11.3 Å². The molecule has 4 heterocycles. The summed E-state index contributed by atoms with van der Waals surface area (Å²) in [6, 6.07) is 7.26. The first kappa shape index (κ1) is 19.0. The number of aryl methyl sites for hydroxylation is 2. The number of likely N-dealkylation sites (tertiary alicyclic amines) is 1. The van der Waals surface area contributed by atoms with Crippen LogP contribution in [-0.2, 0) is 23.7 Å². The molecule has 2 aliphatic rings. The first-order valence-corrected chi connectivity index (χ1v) is 11.1. The predicted molar refractivity (Wildman–Crippen MR) is 114 cm³/mol. The van der Waals surface area contributed by atoms with Crippen LogP contribution in [0.2, 0.25) is 0 Å². The summed E-state index contributed by atoms with van der Waals surface area (Å²) in [5.74, 6) is 0.490. The number of para-hydroxylation sites is 1. The zero-order chi connectivity index (χ0) is 20.9. The van der Waals surface area contributed by atoms with Crippen LogP contribution in [0.25, 0.3) is 0 Å². The standard InChI is InChI=1S/C22H23N5O2S/c1-3-6-17-24-16(13-30-17)20(28)27-11-9-22(18(27)19-23-10-12-26(19)2)14-7-4-5-8-15(14)25-21(22)29/h4-5,7-8,10,12-13,18H,3,6,9,11H2,1-2H3,(H,25,29)/t18-,22+/m0/s1. The Bertz CT molecular complexity index is 1140. The molecule has 1 aromatic carbocycles. The van der Waals surface area contributed by atoms with E-state index >= 15 is 0 Å². The van der Waals surface area contributed by atoms with E-state index in [1.165, 1.54) is 11.3 Å². The third-order valence-corrected chi connectivity index (χ3v) is 7.09. The number of fused-ring (bicyclic) bond motifs is 2. The lowest BCUT2D eigenvalue weighted by atomic mass is 9.74. The Balaban J connectivity index is 1.62. The highest BCUT2D eigenvalue weighted by Crippen LogP contribution is 2.54. The molecule has 0 radical (unpaired) electrons. The number of anilines is 1. The average Bonchev–Trinajstić information content (AvgIpc) is 3.50. The summed E-state index contributed by atoms with van der Waals surface area (Å²) in [5.41, 5.74) is 1.35. The van der Waals surface area contributed by atoms with Crippen LogP contribution in [0.5, 0.6) is 0 Å². The van der Waals surface area contributed by atoms with Gasteiger partial charge in [-0.15, -0.1) is 11.3 Å². The second kappa shape index (κ2) is 7.05. The van der Waals surface area contributed by atoms with Crippen molar-refractivity contribution in [1.82, 2.24) is 19.4 Å². The van der Waals surface area contributed by atoms with Crippen LogP contribution in [0.15, 0.2) is 42.0 Å². The maximum absolute atomic E-state index is 13.5. The second-order valence-corrected chi connectivity index (χ2v) is 8.84. The summed E-state index contributed by atoms with van der Waals surface area (Å²) in [6.07, 6.45) is 5.96. The molecule has 2 aromatic heterocycles. The van der Waals surface area contributed by atoms with Gasteiger partial charge in [-0.3, -0.25) is 9.59 Å². The monoisotopic (exact) mass is 421 g/mol. The molecule has 0 unspecified atom stereocenters. The highest BCUT2D eigenvalue weighted by Gasteiger charge is 2.60. The molecular formula is C22H23N5O2S. The molecular weight excluding hydrogens is 398 g/mol. The van der Waals surface area contributed by atoms with E-state index in [2.05, 4.69) is 22.2 Å². The van der Waals surface area contributed by atoms with Gasteiger partial charge in [-0.2, -0.15) is 0 Å². The van der Waals surface area contributed by atoms with Gasteiger partial charge >= 0.3 is 0 Å². The third kappa shape index (κ3) is 2.63. The number of rotatable bonds is 4. The number of hydrogen-bond donors (Lipinski definition) is 1. The maximum atomic E-state index is 13.5. The molecule has 2 aliphatic heterocycles. The number of hydrogen-bond acceptors (Lipinski definition) is 5. The molecule has 154 valence electrons. The van der Waals surface area contributed by atoms with Crippen molar-refractivity contribution in [3.05, 3.63) is 64.1 Å². The SMILES string of the molecule is CCCc1nc(C(=O)N2CC[C@]3(C(=O)Nc4ccccc43)[C@@H]2c2nccn2C)cs1. The maximum Gasteiger partial charge on any atom is 0.274 e. The molecule has 0 aliphatic carbocycles. The highest BCUT2D eigenvalue weighted by molar-refractivity contribution is 7.09. The van der Waals surface area contributed by atoms with E-state index in [-0.39, 0.29) is 11.8 Å². The number of imidazole rings is 1. The summed E-state index contributed by atoms with van der Waals surface area (Å²) in [5, 5.41) is 5.83. The van der Waals surface area contributed by atoms with Gasteiger partial charge in [0.15, 0.2) is 0 Å². The number of aromatic nitrogens is 3. The Morgan fingerprint density at radius 1 is 1.37 bits per heavy atom. The number of carbonyl (C=O) groups is 2. The first-order chi connectivity index (χ1) is 14.6. The van der Waals surface area contributed by atoms with Crippen LogP contribution in [-0.4, -0.2) is 37.8 Å². The molecule has 30 heavy (non-hydrogen) atoms. The minimum absolute atomic E-state index is 0.0723. The van der Waals surface area contributed by atoms with Gasteiger partial charge in [0, 0.05) is 37.1 Å². The van der Waals surface area contributed by atoms with E-state index in [4.69, 9.17) is 0 Å². The molecule has 3 aromatic rings. The molecule has 0 saturated carbocycles. The summed E-state index contributed by atoms with van der Waals surface area (Å²) in [6.45, 7) is 2.57. The molecule has 2 amide bonds. The zero-order valence-electron chi connectivity index (χ0n) is 17.0. The summed E-state index contributed by atoms with van der Waals surface area (Å²) in [4.78, 5) is 37.8. The number of amides is 2. The molecule has 7 nitrogen and oxygen atoms in total. The van der Waals surface area contributed by atoms with Crippen molar-refractivity contribution in [3.8, 4) is 0 Å². The van der Waals surface area contributed by atoms with Gasteiger partial charge in [0.25, 0.3) is 5.91 Å². The van der Waals surface area contributed by atoms with Gasteiger partial charge in [-0.05, 0) is 30.9 Å². The van der Waals surface area contributed by atoms with Gasteiger partial charge in [0.2, 0.25) is 5.91 Å². The van der Waals surface area contributed by atoms with Crippen molar-refractivity contribution in [2.24, 2.45) is 7.05 Å². The molecule has 0 bridgehead atoms. The summed E-state index contributed by atoms with van der Waals surface area (Å²) >= 11 is 1.52. The predicted octanol–water partition coefficient (Wildman–Crippen LogP) is 3.31. The fraction of sp³-hybridized carbons (Fsp3) is 0.364. The van der Waals surface area contributed by atoms with Crippen LogP contribution in [0.4, 0.5) is 5.69 Å². The summed E-state index contributed by atoms with van der Waals surface area (Å²) < 4.78 is 1.90. The molecule has 5 rings (SSSR count). The molecule has 1 saturated heterocycles. The van der Waals surface area contributed by atoms with Gasteiger partial charge < -0.3 is 14.8 Å². The molecule has 1 fully saturated rings. The van der Waals surface area contributed by atoms with Crippen LogP contribution in [0.1, 0.15) is 52.7 Å². The zero-order valence-corrected chi connectivity index (χ0v) is 17.8. The molecule has 1 N–H and O–H groups in total. The Hall–Kier alpha value is -3.00. The lowest BCUT2D eigenvalue weighted by Crippen LogP contribution is -2.43. The Kier molecular flexibility index (Phi) is 4.47. The lowest BCUT2D eigenvalue weighted by Gasteiger charge is -2.33. The van der Waals surface area contributed by atoms with E-state index in [1.807, 2.05) is 47.5 Å². The lowest BCUT2D eigenvalue weighted by molar-refractivity contribution is -0.121. The molecule has 8 heteroatoms. The Labute approximate surface area is 178 Å². The Morgan fingerprint density at radius 2 is 2.20 bits per heavy atom. The summed E-state index contributed by atoms with van der Waals surface area (Å²) in [7, 11) is 1.90. The number of thiazole rings is 1. The van der Waals surface area contributed by atoms with E-state index < -0.39 is 11.5 Å². The van der Waals surface area contributed by atoms with E-state index in [1.54, 1.807) is 11.1 Å². The van der Waals surface area contributed by atoms with Crippen LogP contribution in [0.3, 0.4) is 0 Å². The van der Waals surface area contributed by atoms with E-state index in [9.17, 15) is 9.59 Å². The van der Waals surface area contributed by atoms with Crippen molar-refractivity contribution in [3.63, 3.8) is 0 Å². The van der Waals surface area contributed by atoms with Crippen molar-refractivity contribution in [2.45, 2.75) is 37.6 Å². The molecule has 1 spiro atoms. The van der Waals surface area contributed by atoms with Crippen molar-refractivity contribution in [2.75, 3.05) is 11.9 Å². The average molecular weight is 422 g/mol. The Morgan fingerprint density at radius 3 is 2.97 bits per heavy atom. The highest BCUT2D eigenvalue weighted by atomic mass is 32.1. The second-order valence-electron chi connectivity index (χ2n) is 7.89. The van der Waals surface area contributed by atoms with Gasteiger partial charge in [0.05, 0.1) is 5.01 Å². The van der Waals surface area contributed by atoms with Crippen LogP contribution in [0, 0.1) is 0 Å². The minimum atomic E-state index is -0.854. The van der Waals surface area contributed by atoms with Crippen molar-refractivity contribution >= 4 is 28.8 Å². The number of benzene rings is 1. The van der Waals surface area contributed by atoms with Crippen molar-refractivity contribution < 1.29 is 9.59 Å². The van der Waals surface area contributed by atoms with E-state index in [0.29, 0.717) is 24.5 Å². The quantitative estimate of drug-likeness (QED) is 0.701. The smallest absolute Gasteiger partial charge is 0.274 e. The van der Waals surface area contributed by atoms with Crippen LogP contribution < -0.4 is 5.32 Å². The van der Waals surface area contributed by atoms with Gasteiger partial charge in [-0.1, -0.05) is 25.1 Å². The van der Waals surface area contributed by atoms with Gasteiger partial charge in [0.1, 0.15) is 23.0 Å². The van der Waals surface area contributed by atoms with Gasteiger partial charge in [-0.25, -0.2) is 9.97 Å². The fourth-order valence-corrected chi connectivity index (χ4v) is 5.66. The third-order valence-electron chi connectivity index (χ3n) is 6.19. The molecule has 2 atom stereocenters. The normalized spacial score (nSPS) is 22.5. The number of nitrogens with one attached hydrogen (secondary N) is 1. The van der Waals surface area contributed by atoms with Crippen molar-refractivity contribution in [1.29, 1.82) is 0 Å². The topological polar surface area (TPSA) is 80.1 Å². The number of nitrogens with zero attached hydrogens (tertiary/aromatic N) is 4. The first-order valence-electron chi connectivity index (χ1n) is 10.2. The largest absolute Gasteiger partial charge is 0.336 e. The van der Waals surface area contributed by atoms with E-state index in [0.717, 1.165) is 29.1 Å². The minimum Gasteiger partial charge on any atom is -0.336 e.